The molecule has 0 radical (unpaired) electrons. The number of hydrogen-bond acceptors (Lipinski definition) is 8. The Hall–Kier alpha value is -6.39. The molecule has 0 saturated heterocycles. The van der Waals surface area contributed by atoms with Crippen LogP contribution in [0.1, 0.15) is 54.9 Å². The van der Waals surface area contributed by atoms with Crippen molar-refractivity contribution >= 4 is 24.1 Å². The highest BCUT2D eigenvalue weighted by Gasteiger charge is 2.37. The molecule has 0 aliphatic heterocycles. The number of alkyl halides is 7. The first kappa shape index (κ1) is 47.0. The van der Waals surface area contributed by atoms with E-state index >= 15 is 0 Å². The van der Waals surface area contributed by atoms with Crippen molar-refractivity contribution in [1.82, 2.24) is 0 Å². The van der Waals surface area contributed by atoms with E-state index in [4.69, 9.17) is 38.6 Å². The Kier molecular flexibility index (Phi) is 17.5. The van der Waals surface area contributed by atoms with Gasteiger partial charge in [0, 0.05) is 18.6 Å². The van der Waals surface area contributed by atoms with Gasteiger partial charge < -0.3 is 38.6 Å². The lowest BCUT2D eigenvalue weighted by Crippen LogP contribution is -2.22. The minimum atomic E-state index is -4.30. The van der Waals surface area contributed by atoms with Crippen LogP contribution in [-0.4, -0.2) is 55.8 Å². The van der Waals surface area contributed by atoms with Gasteiger partial charge in [0.2, 0.25) is 0 Å². The van der Waals surface area contributed by atoms with Gasteiger partial charge in [-0.05, 0) is 96.8 Å². The molecular weight excluding hydrogens is 797 g/mol. The highest BCUT2D eigenvalue weighted by Crippen LogP contribution is 2.39. The van der Waals surface area contributed by atoms with Crippen LogP contribution in [0.15, 0.2) is 97.1 Å². The summed E-state index contributed by atoms with van der Waals surface area (Å²) in [5.74, 6) is -1.92. The lowest BCUT2D eigenvalue weighted by atomic mass is 10.1. The number of benzene rings is 4. The third-order valence-electron chi connectivity index (χ3n) is 7.71. The van der Waals surface area contributed by atoms with Crippen molar-refractivity contribution in [2.24, 2.45) is 0 Å². The third-order valence-corrected chi connectivity index (χ3v) is 7.71. The number of hydrogen-bond donors (Lipinski definition) is 2. The van der Waals surface area contributed by atoms with Gasteiger partial charge in [-0.1, -0.05) is 37.6 Å². The SMILES string of the molecule is CCCCOc1ccc(C(F)(F)Oc2ccc(/C=C/C(=O)O)cc2)cc1OC.COc1cc(C(F)(F)Oc2ccc(/C=C/C(=O)O)cc2)ccc1OCCCC(F)(F)F. The topological polar surface area (TPSA) is 130 Å². The standard InChI is InChI=1S/C21H19F5O5.C21H22F2O5/c1-29-18-13-15(6-9-17(18)30-12-2-11-20(22,23)24)21(25,26)31-16-7-3-14(4-8-16)5-10-19(27)28;1-3-4-13-27-18-11-8-16(14-19(18)26-2)21(22,23)28-17-9-5-15(6-10-17)7-12-20(24)25/h3-10,13H,2,11-12H2,1H3,(H,27,28);5-12,14H,3-4,13H2,1-2H3,(H,24,25)/b10-5+;12-7+. The minimum Gasteiger partial charge on any atom is -0.493 e. The number of carboxylic acid groups (broad SMARTS) is 2. The molecule has 4 rings (SSSR count). The summed E-state index contributed by atoms with van der Waals surface area (Å²) in [6, 6.07) is 18.0. The summed E-state index contributed by atoms with van der Waals surface area (Å²) < 4.78 is 125. The Morgan fingerprint density at radius 1 is 0.576 bits per heavy atom. The van der Waals surface area contributed by atoms with Crippen molar-refractivity contribution in [3.05, 3.63) is 119 Å². The van der Waals surface area contributed by atoms with Crippen molar-refractivity contribution in [3.8, 4) is 34.5 Å². The van der Waals surface area contributed by atoms with Gasteiger partial charge in [-0.3, -0.25) is 0 Å². The number of carboxylic acids is 2. The highest BCUT2D eigenvalue weighted by molar-refractivity contribution is 5.85. The van der Waals surface area contributed by atoms with Crippen molar-refractivity contribution in [2.45, 2.75) is 51.0 Å². The molecule has 2 N–H and O–H groups in total. The van der Waals surface area contributed by atoms with Gasteiger partial charge in [-0.15, -0.1) is 0 Å². The lowest BCUT2D eigenvalue weighted by Gasteiger charge is -2.20. The zero-order valence-corrected chi connectivity index (χ0v) is 31.9. The molecule has 0 atom stereocenters. The van der Waals surface area contributed by atoms with Gasteiger partial charge in [-0.2, -0.15) is 30.7 Å². The number of halogens is 7. The third kappa shape index (κ3) is 16.2. The number of ether oxygens (including phenoxy) is 6. The normalized spacial score (nSPS) is 11.8. The second-order valence-corrected chi connectivity index (χ2v) is 12.2. The number of rotatable bonds is 20. The molecular formula is C42H41F7O10. The van der Waals surface area contributed by atoms with Crippen LogP contribution in [0.4, 0.5) is 30.7 Å². The Morgan fingerprint density at radius 3 is 1.31 bits per heavy atom. The molecule has 318 valence electrons. The zero-order valence-electron chi connectivity index (χ0n) is 31.9. The van der Waals surface area contributed by atoms with Crippen molar-refractivity contribution in [3.63, 3.8) is 0 Å². The van der Waals surface area contributed by atoms with E-state index in [2.05, 4.69) is 0 Å². The van der Waals surface area contributed by atoms with Crippen molar-refractivity contribution < 1.29 is 79.0 Å². The Bertz CT molecular complexity index is 2010. The van der Waals surface area contributed by atoms with Gasteiger partial charge in [0.05, 0.1) is 38.6 Å². The summed E-state index contributed by atoms with van der Waals surface area (Å²) in [5.41, 5.74) is 0.101. The van der Waals surface area contributed by atoms with Crippen LogP contribution in [0, 0.1) is 0 Å². The second kappa shape index (κ2) is 21.9. The number of aliphatic carboxylic acids is 2. The van der Waals surface area contributed by atoms with E-state index in [1.165, 1.54) is 99.2 Å². The lowest BCUT2D eigenvalue weighted by molar-refractivity contribution is -0.186. The molecule has 0 aliphatic rings. The van der Waals surface area contributed by atoms with Gasteiger partial charge in [0.25, 0.3) is 0 Å². The number of methoxy groups -OCH3 is 2. The quantitative estimate of drug-likeness (QED) is 0.0504. The summed E-state index contributed by atoms with van der Waals surface area (Å²) in [6.07, 6.45) is -6.64. The van der Waals surface area contributed by atoms with Crippen LogP contribution in [-0.2, 0) is 21.8 Å². The fourth-order valence-corrected chi connectivity index (χ4v) is 4.76. The predicted octanol–water partition coefficient (Wildman–Crippen LogP) is 10.7. The first-order valence-electron chi connectivity index (χ1n) is 17.7. The average Bonchev–Trinajstić information content (AvgIpc) is 3.18. The van der Waals surface area contributed by atoms with Gasteiger partial charge in [0.1, 0.15) is 11.5 Å². The van der Waals surface area contributed by atoms with E-state index in [0.717, 1.165) is 37.1 Å². The molecule has 17 heteroatoms. The van der Waals surface area contributed by atoms with Crippen molar-refractivity contribution in [2.75, 3.05) is 27.4 Å². The van der Waals surface area contributed by atoms with E-state index in [9.17, 15) is 40.3 Å². The molecule has 0 fully saturated rings. The predicted molar refractivity (Wildman–Crippen MR) is 202 cm³/mol. The Morgan fingerprint density at radius 2 is 0.966 bits per heavy atom. The van der Waals surface area contributed by atoms with E-state index in [1.54, 1.807) is 0 Å². The van der Waals surface area contributed by atoms with E-state index < -0.39 is 42.3 Å². The molecule has 0 unspecified atom stereocenters. The van der Waals surface area contributed by atoms with Gasteiger partial charge in [-0.25, -0.2) is 9.59 Å². The fourth-order valence-electron chi connectivity index (χ4n) is 4.76. The monoisotopic (exact) mass is 838 g/mol. The molecule has 4 aromatic rings. The highest BCUT2D eigenvalue weighted by atomic mass is 19.4. The summed E-state index contributed by atoms with van der Waals surface area (Å²) in [4.78, 5) is 21.0. The first-order valence-corrected chi connectivity index (χ1v) is 17.7. The molecule has 59 heavy (non-hydrogen) atoms. The Balaban J connectivity index is 0.000000317. The summed E-state index contributed by atoms with van der Waals surface area (Å²) in [6.45, 7) is 2.24. The number of unbranched alkanes of at least 4 members (excludes halogenated alkanes) is 1. The molecule has 0 heterocycles. The maximum absolute atomic E-state index is 14.5. The summed E-state index contributed by atoms with van der Waals surface area (Å²) in [7, 11) is 2.60. The molecule has 0 bridgehead atoms. The first-order chi connectivity index (χ1) is 27.8. The fraction of sp³-hybridized carbons (Fsp3) is 0.286. The van der Waals surface area contributed by atoms with Crippen LogP contribution >= 0.6 is 0 Å². The van der Waals surface area contributed by atoms with Crippen LogP contribution in [0.5, 0.6) is 34.5 Å². The van der Waals surface area contributed by atoms with E-state index in [1.807, 2.05) is 6.92 Å². The van der Waals surface area contributed by atoms with Gasteiger partial charge >= 0.3 is 30.3 Å². The Labute approximate surface area is 335 Å². The van der Waals surface area contributed by atoms with Crippen LogP contribution in [0.3, 0.4) is 0 Å². The summed E-state index contributed by atoms with van der Waals surface area (Å²) >= 11 is 0. The maximum atomic E-state index is 14.5. The molecule has 10 nitrogen and oxygen atoms in total. The van der Waals surface area contributed by atoms with Gasteiger partial charge in [0.15, 0.2) is 23.0 Å². The molecule has 0 amide bonds. The average molecular weight is 839 g/mol. The minimum absolute atomic E-state index is 0.0267. The summed E-state index contributed by atoms with van der Waals surface area (Å²) in [5, 5.41) is 17.2. The van der Waals surface area contributed by atoms with Crippen LogP contribution < -0.4 is 28.4 Å². The van der Waals surface area contributed by atoms with Crippen LogP contribution in [0.25, 0.3) is 12.2 Å². The van der Waals surface area contributed by atoms with E-state index in [-0.39, 0.29) is 47.3 Å². The smallest absolute Gasteiger partial charge is 0.426 e. The second-order valence-electron chi connectivity index (χ2n) is 12.2. The zero-order chi connectivity index (χ0) is 43.6. The van der Waals surface area contributed by atoms with Crippen molar-refractivity contribution in [1.29, 1.82) is 0 Å². The van der Waals surface area contributed by atoms with Crippen LogP contribution in [0.2, 0.25) is 0 Å². The molecule has 0 saturated carbocycles. The molecule has 0 aliphatic carbocycles. The maximum Gasteiger partial charge on any atom is 0.426 e. The van der Waals surface area contributed by atoms with E-state index in [0.29, 0.717) is 23.5 Å². The number of carbonyl (C=O) groups is 2. The molecule has 0 aromatic heterocycles. The largest absolute Gasteiger partial charge is 0.493 e. The molecule has 4 aromatic carbocycles. The molecule has 0 spiro atoms.